The molecule has 430 valence electrons. The Morgan fingerprint density at radius 1 is 0.238 bits per heavy atom. The molecule has 0 N–H and O–H groups in total. The van der Waals surface area contributed by atoms with E-state index in [0.29, 0.717) is 17.5 Å². The molecule has 0 aliphatic carbocycles. The predicted octanol–water partition coefficient (Wildman–Crippen LogP) is 21.8. The minimum absolute atomic E-state index is 0.0190. The van der Waals surface area contributed by atoms with E-state index in [-0.39, 0.29) is 37.9 Å². The molecule has 0 spiro atoms. The Labute approximate surface area is 501 Å². The van der Waals surface area contributed by atoms with Crippen LogP contribution in [0.3, 0.4) is 0 Å². The minimum atomic E-state index is -0.129. The lowest BCUT2D eigenvalue weighted by molar-refractivity contribution is 0.568. The molecular formula is C79H89N5. The summed E-state index contributed by atoms with van der Waals surface area (Å²) in [7, 11) is 0. The molecule has 0 atom stereocenters. The van der Waals surface area contributed by atoms with Crippen LogP contribution < -0.4 is 0 Å². The van der Waals surface area contributed by atoms with Gasteiger partial charge in [0.2, 0.25) is 0 Å². The molecule has 11 rings (SSSR count). The lowest BCUT2D eigenvalue weighted by Gasteiger charge is -2.26. The quantitative estimate of drug-likeness (QED) is 0.167. The van der Waals surface area contributed by atoms with Crippen molar-refractivity contribution in [2.24, 2.45) is 0 Å². The fourth-order valence-corrected chi connectivity index (χ4v) is 11.9. The molecule has 3 aromatic heterocycles. The normalized spacial score (nSPS) is 13.3. The van der Waals surface area contributed by atoms with Gasteiger partial charge in [-0.2, -0.15) is 0 Å². The van der Waals surface area contributed by atoms with Crippen LogP contribution >= 0.6 is 0 Å². The van der Waals surface area contributed by atoms with E-state index in [2.05, 4.69) is 312 Å². The number of aromatic nitrogens is 5. The van der Waals surface area contributed by atoms with Crippen molar-refractivity contribution in [1.82, 2.24) is 24.1 Å². The number of rotatable bonds is 6. The lowest BCUT2D eigenvalue weighted by atomic mass is 9.79. The Kier molecular flexibility index (Phi) is 13.8. The van der Waals surface area contributed by atoms with E-state index in [1.807, 2.05) is 0 Å². The van der Waals surface area contributed by atoms with E-state index < -0.39 is 0 Å². The second-order valence-corrected chi connectivity index (χ2v) is 31.3. The van der Waals surface area contributed by atoms with E-state index >= 15 is 0 Å². The zero-order valence-electron chi connectivity index (χ0n) is 54.2. The zero-order chi connectivity index (χ0) is 60.6. The fraction of sp³-hybridized carbons (Fsp3) is 0.354. The predicted molar refractivity (Wildman–Crippen MR) is 361 cm³/mol. The van der Waals surface area contributed by atoms with Gasteiger partial charge in [0.15, 0.2) is 17.5 Å². The average Bonchev–Trinajstić information content (AvgIpc) is 1.76. The Hall–Kier alpha value is -7.63. The number of fused-ring (bicyclic) bond motifs is 6. The molecule has 5 heteroatoms. The van der Waals surface area contributed by atoms with Crippen LogP contribution in [-0.2, 0) is 37.9 Å². The van der Waals surface area contributed by atoms with Gasteiger partial charge in [0.05, 0.1) is 33.4 Å². The third-order valence-corrected chi connectivity index (χ3v) is 17.5. The van der Waals surface area contributed by atoms with Crippen LogP contribution in [0.5, 0.6) is 0 Å². The van der Waals surface area contributed by atoms with E-state index in [1.54, 1.807) is 0 Å². The Morgan fingerprint density at radius 3 is 0.976 bits per heavy atom. The van der Waals surface area contributed by atoms with Crippen molar-refractivity contribution in [1.29, 1.82) is 0 Å². The van der Waals surface area contributed by atoms with Gasteiger partial charge in [-0.3, -0.25) is 0 Å². The van der Waals surface area contributed by atoms with Crippen LogP contribution in [-0.4, -0.2) is 24.1 Å². The standard InChI is InChI=1S/C79H89N5/c1-73(2,3)51-31-35-66-60(45-51)59-27-23-25-29-65(59)84(66)69-34-30-48(58-26-22-24-28-64(58)83-67-36-32-52(74(4,5)6)46-61(67)62-47-53(75(7,8)9)33-37-68(62)83)42-63(69)72-81-70(49-38-54(76(10,11)12)43-55(39-49)77(13,14)15)80-71(82-72)50-40-56(78(16,17)18)44-57(41-50)79(19,20)21/h22-47H,1-21H3. The molecule has 3 heterocycles. The topological polar surface area (TPSA) is 48.5 Å². The van der Waals surface area contributed by atoms with Crippen molar-refractivity contribution in [3.63, 3.8) is 0 Å². The van der Waals surface area contributed by atoms with E-state index in [9.17, 15) is 0 Å². The number of hydrogen-bond acceptors (Lipinski definition) is 3. The molecule has 0 amide bonds. The monoisotopic (exact) mass is 1110 g/mol. The fourth-order valence-electron chi connectivity index (χ4n) is 11.9. The first-order valence-corrected chi connectivity index (χ1v) is 30.5. The maximum atomic E-state index is 5.77. The summed E-state index contributed by atoms with van der Waals surface area (Å²) in [5.41, 5.74) is 20.1. The van der Waals surface area contributed by atoms with Crippen LogP contribution in [0.25, 0.3) is 100 Å². The van der Waals surface area contributed by atoms with Crippen LogP contribution in [0.2, 0.25) is 0 Å². The Bertz CT molecular complexity index is 4160. The highest BCUT2D eigenvalue weighted by atomic mass is 15.1. The van der Waals surface area contributed by atoms with Crippen molar-refractivity contribution in [3.8, 4) is 56.7 Å². The Morgan fingerprint density at radius 2 is 0.571 bits per heavy atom. The first kappa shape index (κ1) is 58.2. The summed E-state index contributed by atoms with van der Waals surface area (Å²) in [6.45, 7) is 48.3. The first-order valence-electron chi connectivity index (χ1n) is 30.5. The smallest absolute Gasteiger partial charge is 0.166 e. The van der Waals surface area contributed by atoms with E-state index in [1.165, 1.54) is 71.5 Å². The van der Waals surface area contributed by atoms with Gasteiger partial charge in [0.25, 0.3) is 0 Å². The average molecular weight is 1110 g/mol. The molecule has 0 aliphatic heterocycles. The molecule has 11 aromatic rings. The van der Waals surface area contributed by atoms with E-state index in [0.717, 1.165) is 50.2 Å². The van der Waals surface area contributed by atoms with Gasteiger partial charge < -0.3 is 9.13 Å². The highest BCUT2D eigenvalue weighted by Gasteiger charge is 2.29. The molecule has 0 aliphatic rings. The molecule has 0 saturated carbocycles. The maximum absolute atomic E-state index is 5.77. The van der Waals surface area contributed by atoms with Gasteiger partial charge in [-0.25, -0.2) is 15.0 Å². The Balaban J connectivity index is 1.27. The number of nitrogens with zero attached hydrogens (tertiary/aromatic N) is 5. The van der Waals surface area contributed by atoms with Crippen LogP contribution in [0.15, 0.2) is 158 Å². The summed E-state index contributed by atoms with van der Waals surface area (Å²) >= 11 is 0. The summed E-state index contributed by atoms with van der Waals surface area (Å²) in [5.74, 6) is 1.90. The molecule has 8 aromatic carbocycles. The SMILES string of the molecule is CC(C)(C)c1cc(-c2nc(-c3cc(C(C)(C)C)cc(C(C)(C)C)c3)nc(-c3cc(-c4ccccc4-n4c5ccc(C(C)(C)C)cc5c5cc(C(C)(C)C)ccc54)ccc3-n3c4ccccc4c4cc(C(C)(C)C)ccc43)n2)cc(C(C)(C)C)c1. The molecule has 0 bridgehead atoms. The van der Waals surface area contributed by atoms with Gasteiger partial charge in [-0.05, 0) is 167 Å². The third-order valence-electron chi connectivity index (χ3n) is 17.5. The molecule has 5 nitrogen and oxygen atoms in total. The number of hydrogen-bond donors (Lipinski definition) is 0. The molecule has 84 heavy (non-hydrogen) atoms. The first-order chi connectivity index (χ1) is 39.0. The second-order valence-electron chi connectivity index (χ2n) is 31.3. The van der Waals surface area contributed by atoms with Crippen LogP contribution in [0, 0.1) is 0 Å². The summed E-state index contributed by atoms with van der Waals surface area (Å²) in [5, 5.41) is 4.94. The number of para-hydroxylation sites is 2. The second kappa shape index (κ2) is 20.0. The van der Waals surface area contributed by atoms with Crippen molar-refractivity contribution < 1.29 is 0 Å². The van der Waals surface area contributed by atoms with Crippen LogP contribution in [0.4, 0.5) is 0 Å². The van der Waals surface area contributed by atoms with Crippen LogP contribution in [0.1, 0.15) is 184 Å². The van der Waals surface area contributed by atoms with E-state index in [4.69, 9.17) is 15.0 Å². The highest BCUT2D eigenvalue weighted by Crippen LogP contribution is 2.45. The summed E-state index contributed by atoms with van der Waals surface area (Å²) in [4.78, 5) is 17.2. The molecular weight excluding hydrogens is 1020 g/mol. The third kappa shape index (κ3) is 10.8. The zero-order valence-corrected chi connectivity index (χ0v) is 54.2. The number of benzene rings is 8. The highest BCUT2D eigenvalue weighted by molar-refractivity contribution is 6.11. The van der Waals surface area contributed by atoms with Crippen molar-refractivity contribution in [3.05, 3.63) is 197 Å². The molecule has 0 radical (unpaired) electrons. The summed E-state index contributed by atoms with van der Waals surface area (Å²) in [6.07, 6.45) is 0. The molecule has 0 unspecified atom stereocenters. The van der Waals surface area contributed by atoms with Gasteiger partial charge in [0.1, 0.15) is 0 Å². The van der Waals surface area contributed by atoms with Gasteiger partial charge in [-0.1, -0.05) is 218 Å². The summed E-state index contributed by atoms with van der Waals surface area (Å²) < 4.78 is 4.95. The maximum Gasteiger partial charge on any atom is 0.166 e. The van der Waals surface area contributed by atoms with Gasteiger partial charge in [-0.15, -0.1) is 0 Å². The minimum Gasteiger partial charge on any atom is -0.309 e. The van der Waals surface area contributed by atoms with Crippen molar-refractivity contribution in [2.45, 2.75) is 183 Å². The largest absolute Gasteiger partial charge is 0.309 e. The molecule has 0 fully saturated rings. The van der Waals surface area contributed by atoms with Gasteiger partial charge in [0, 0.05) is 43.8 Å². The summed E-state index contributed by atoms with van der Waals surface area (Å²) in [6, 6.07) is 60.1. The van der Waals surface area contributed by atoms with Gasteiger partial charge >= 0.3 is 0 Å². The lowest BCUT2D eigenvalue weighted by Crippen LogP contribution is -2.17. The van der Waals surface area contributed by atoms with Crippen molar-refractivity contribution >= 4 is 43.6 Å². The van der Waals surface area contributed by atoms with Crippen molar-refractivity contribution in [2.75, 3.05) is 0 Å². The molecule has 0 saturated heterocycles.